The number of rotatable bonds is 7. The van der Waals surface area contributed by atoms with Crippen molar-refractivity contribution >= 4 is 34.8 Å². The summed E-state index contributed by atoms with van der Waals surface area (Å²) in [6.07, 6.45) is 0.493. The molecule has 2 N–H and O–H groups in total. The number of carbonyl (C=O) groups is 3. The number of methoxy groups -OCH3 is 1. The molecule has 0 aliphatic rings. The number of nitrogens with one attached hydrogen (secondary N) is 2. The minimum absolute atomic E-state index is 0.195. The zero-order valence-electron chi connectivity index (χ0n) is 14.9. The van der Waals surface area contributed by atoms with Crippen molar-refractivity contribution in [2.24, 2.45) is 5.92 Å². The lowest BCUT2D eigenvalue weighted by Gasteiger charge is -2.18. The zero-order valence-corrected chi connectivity index (χ0v) is 15.8. The molecule has 7 heteroatoms. The van der Waals surface area contributed by atoms with Crippen LogP contribution in [0, 0.1) is 5.92 Å². The highest BCUT2D eigenvalue weighted by atomic mass is 32.1. The summed E-state index contributed by atoms with van der Waals surface area (Å²) in [6.45, 7) is 3.93. The normalized spacial score (nSPS) is 11.7. The fourth-order valence-corrected chi connectivity index (χ4v) is 2.99. The monoisotopic (exact) mass is 374 g/mol. The van der Waals surface area contributed by atoms with Crippen molar-refractivity contribution in [1.82, 2.24) is 5.32 Å². The van der Waals surface area contributed by atoms with Gasteiger partial charge in [-0.1, -0.05) is 19.9 Å². The minimum atomic E-state index is -0.689. The van der Waals surface area contributed by atoms with Crippen molar-refractivity contribution in [2.75, 3.05) is 12.4 Å². The molecule has 1 atom stereocenters. The fourth-order valence-electron chi connectivity index (χ4n) is 2.37. The summed E-state index contributed by atoms with van der Waals surface area (Å²) in [6, 6.07) is 9.36. The molecule has 0 saturated carbocycles. The standard InChI is InChI=1S/C19H22N2O4S/c1-12(2)11-15(19(24)25-3)21-17(22)13-6-8-14(9-7-13)20-18(23)16-5-4-10-26-16/h4-10,12,15H,11H2,1-3H3,(H,20,23)(H,21,22). The van der Waals surface area contributed by atoms with Crippen LogP contribution < -0.4 is 10.6 Å². The quantitative estimate of drug-likeness (QED) is 0.728. The number of hydrogen-bond donors (Lipinski definition) is 2. The van der Waals surface area contributed by atoms with E-state index in [0.717, 1.165) is 0 Å². The molecule has 1 unspecified atom stereocenters. The molecule has 0 saturated heterocycles. The predicted octanol–water partition coefficient (Wildman–Crippen LogP) is 3.32. The Kier molecular flexibility index (Phi) is 6.91. The highest BCUT2D eigenvalue weighted by Gasteiger charge is 2.23. The van der Waals surface area contributed by atoms with Crippen molar-refractivity contribution in [3.63, 3.8) is 0 Å². The van der Waals surface area contributed by atoms with Crippen molar-refractivity contribution in [3.8, 4) is 0 Å². The molecule has 1 heterocycles. The van der Waals surface area contributed by atoms with Gasteiger partial charge in [-0.2, -0.15) is 0 Å². The number of amides is 2. The van der Waals surface area contributed by atoms with E-state index in [1.807, 2.05) is 25.3 Å². The van der Waals surface area contributed by atoms with Gasteiger partial charge in [-0.25, -0.2) is 4.79 Å². The SMILES string of the molecule is COC(=O)C(CC(C)C)NC(=O)c1ccc(NC(=O)c2cccs2)cc1. The number of esters is 1. The van der Waals surface area contributed by atoms with Gasteiger partial charge in [0.05, 0.1) is 12.0 Å². The topological polar surface area (TPSA) is 84.5 Å². The van der Waals surface area contributed by atoms with E-state index in [-0.39, 0.29) is 17.7 Å². The zero-order chi connectivity index (χ0) is 19.1. The molecule has 1 aromatic carbocycles. The average molecular weight is 374 g/mol. The van der Waals surface area contributed by atoms with E-state index in [0.29, 0.717) is 22.5 Å². The van der Waals surface area contributed by atoms with Gasteiger partial charge in [0.1, 0.15) is 6.04 Å². The number of anilines is 1. The van der Waals surface area contributed by atoms with Crippen LogP contribution >= 0.6 is 11.3 Å². The lowest BCUT2D eigenvalue weighted by atomic mass is 10.0. The summed E-state index contributed by atoms with van der Waals surface area (Å²) in [4.78, 5) is 36.8. The largest absolute Gasteiger partial charge is 0.467 e. The molecule has 0 spiro atoms. The summed E-state index contributed by atoms with van der Waals surface area (Å²) in [7, 11) is 1.30. The molecule has 1 aromatic heterocycles. The molecule has 2 aromatic rings. The van der Waals surface area contributed by atoms with Gasteiger partial charge in [-0.3, -0.25) is 9.59 Å². The Labute approximate surface area is 156 Å². The van der Waals surface area contributed by atoms with Crippen LogP contribution in [0.5, 0.6) is 0 Å². The second kappa shape index (κ2) is 9.15. The molecule has 2 rings (SSSR count). The van der Waals surface area contributed by atoms with Gasteiger partial charge in [-0.15, -0.1) is 11.3 Å². The van der Waals surface area contributed by atoms with E-state index < -0.39 is 12.0 Å². The first-order valence-corrected chi connectivity index (χ1v) is 9.12. The maximum Gasteiger partial charge on any atom is 0.328 e. The van der Waals surface area contributed by atoms with Crippen LogP contribution in [0.3, 0.4) is 0 Å². The van der Waals surface area contributed by atoms with Crippen LogP contribution in [-0.4, -0.2) is 30.9 Å². The number of hydrogen-bond acceptors (Lipinski definition) is 5. The van der Waals surface area contributed by atoms with Crippen LogP contribution in [0.4, 0.5) is 5.69 Å². The van der Waals surface area contributed by atoms with E-state index in [1.165, 1.54) is 18.4 Å². The second-order valence-electron chi connectivity index (χ2n) is 6.19. The summed E-state index contributed by atoms with van der Waals surface area (Å²) in [5.41, 5.74) is 0.989. The Morgan fingerprint density at radius 2 is 1.77 bits per heavy atom. The van der Waals surface area contributed by atoms with Gasteiger partial charge in [0, 0.05) is 11.3 Å². The Balaban J connectivity index is 2.01. The Bertz CT molecular complexity index is 754. The van der Waals surface area contributed by atoms with E-state index in [4.69, 9.17) is 4.74 Å². The lowest BCUT2D eigenvalue weighted by Crippen LogP contribution is -2.42. The van der Waals surface area contributed by atoms with E-state index in [2.05, 4.69) is 10.6 Å². The first kappa shape index (κ1) is 19.7. The van der Waals surface area contributed by atoms with E-state index in [1.54, 1.807) is 30.3 Å². The molecule has 2 amide bonds. The molecule has 0 aliphatic heterocycles. The van der Waals surface area contributed by atoms with Crippen LogP contribution in [0.2, 0.25) is 0 Å². The molecule has 6 nitrogen and oxygen atoms in total. The summed E-state index contributed by atoms with van der Waals surface area (Å²) in [5, 5.41) is 7.30. The molecule has 138 valence electrons. The van der Waals surface area contributed by atoms with Crippen molar-refractivity contribution in [1.29, 1.82) is 0 Å². The van der Waals surface area contributed by atoms with Gasteiger partial charge in [0.15, 0.2) is 0 Å². The summed E-state index contributed by atoms with van der Waals surface area (Å²) >= 11 is 1.35. The molecular formula is C19H22N2O4S. The maximum atomic E-state index is 12.4. The van der Waals surface area contributed by atoms with E-state index >= 15 is 0 Å². The molecule has 0 fully saturated rings. The number of benzene rings is 1. The van der Waals surface area contributed by atoms with Crippen molar-refractivity contribution in [2.45, 2.75) is 26.3 Å². The van der Waals surface area contributed by atoms with Gasteiger partial charge >= 0.3 is 5.97 Å². The Morgan fingerprint density at radius 3 is 2.31 bits per heavy atom. The highest BCUT2D eigenvalue weighted by Crippen LogP contribution is 2.15. The van der Waals surface area contributed by atoms with Gasteiger partial charge in [0.25, 0.3) is 11.8 Å². The smallest absolute Gasteiger partial charge is 0.328 e. The van der Waals surface area contributed by atoms with Crippen LogP contribution in [0.15, 0.2) is 41.8 Å². The minimum Gasteiger partial charge on any atom is -0.467 e. The second-order valence-corrected chi connectivity index (χ2v) is 7.14. The van der Waals surface area contributed by atoms with Crippen LogP contribution in [0.1, 0.15) is 40.3 Å². The lowest BCUT2D eigenvalue weighted by molar-refractivity contribution is -0.143. The first-order chi connectivity index (χ1) is 12.4. The van der Waals surface area contributed by atoms with Crippen molar-refractivity contribution in [3.05, 3.63) is 52.2 Å². The van der Waals surface area contributed by atoms with Crippen molar-refractivity contribution < 1.29 is 19.1 Å². The fraction of sp³-hybridized carbons (Fsp3) is 0.316. The maximum absolute atomic E-state index is 12.4. The predicted molar refractivity (Wildman–Crippen MR) is 101 cm³/mol. The molecule has 26 heavy (non-hydrogen) atoms. The molecule has 0 radical (unpaired) electrons. The van der Waals surface area contributed by atoms with Gasteiger partial charge in [-0.05, 0) is 48.1 Å². The van der Waals surface area contributed by atoms with Gasteiger partial charge in [0.2, 0.25) is 0 Å². The molecule has 0 aliphatic carbocycles. The number of ether oxygens (including phenoxy) is 1. The van der Waals surface area contributed by atoms with Crippen LogP contribution in [-0.2, 0) is 9.53 Å². The highest BCUT2D eigenvalue weighted by molar-refractivity contribution is 7.12. The third-order valence-electron chi connectivity index (χ3n) is 3.65. The first-order valence-electron chi connectivity index (χ1n) is 8.24. The van der Waals surface area contributed by atoms with Crippen LogP contribution in [0.25, 0.3) is 0 Å². The summed E-state index contributed by atoms with van der Waals surface area (Å²) < 4.78 is 4.75. The average Bonchev–Trinajstić information content (AvgIpc) is 3.15. The Hall–Kier alpha value is -2.67. The molecule has 0 bridgehead atoms. The third kappa shape index (κ3) is 5.42. The Morgan fingerprint density at radius 1 is 1.08 bits per heavy atom. The molecular weight excluding hydrogens is 352 g/mol. The third-order valence-corrected chi connectivity index (χ3v) is 4.52. The number of thiophene rings is 1. The van der Waals surface area contributed by atoms with Gasteiger partial charge < -0.3 is 15.4 Å². The van der Waals surface area contributed by atoms with E-state index in [9.17, 15) is 14.4 Å². The number of carbonyl (C=O) groups excluding carboxylic acids is 3. The summed E-state index contributed by atoms with van der Waals surface area (Å²) in [5.74, 6) is -0.793.